The highest BCUT2D eigenvalue weighted by Crippen LogP contribution is 2.20. The molecule has 28 heavy (non-hydrogen) atoms. The van der Waals surface area contributed by atoms with Crippen molar-refractivity contribution in [3.05, 3.63) is 95.3 Å². The third kappa shape index (κ3) is 4.55. The van der Waals surface area contributed by atoms with Gasteiger partial charge in [-0.1, -0.05) is 54.1 Å². The van der Waals surface area contributed by atoms with Crippen LogP contribution >= 0.6 is 11.6 Å². The Hall–Kier alpha value is -2.78. The Bertz CT molecular complexity index is 1030. The SMILES string of the molecule is Clc1ccc(OCCCCn2c(Cc3ccccc3)nc3ccccc32)cc1. The lowest BCUT2D eigenvalue weighted by atomic mass is 10.1. The van der Waals surface area contributed by atoms with Crippen molar-refractivity contribution in [2.75, 3.05) is 6.61 Å². The number of fused-ring (bicyclic) bond motifs is 1. The fourth-order valence-electron chi connectivity index (χ4n) is 3.38. The lowest BCUT2D eigenvalue weighted by Crippen LogP contribution is -2.06. The maximum Gasteiger partial charge on any atom is 0.119 e. The zero-order valence-electron chi connectivity index (χ0n) is 15.7. The van der Waals surface area contributed by atoms with Crippen LogP contribution in [-0.4, -0.2) is 16.2 Å². The number of nitrogens with zero attached hydrogens (tertiary/aromatic N) is 2. The molecule has 0 amide bonds. The van der Waals surface area contributed by atoms with E-state index in [-0.39, 0.29) is 0 Å². The summed E-state index contributed by atoms with van der Waals surface area (Å²) in [6, 6.07) is 26.4. The second-order valence-corrected chi connectivity index (χ2v) is 7.28. The maximum absolute atomic E-state index is 5.91. The molecule has 4 rings (SSSR count). The van der Waals surface area contributed by atoms with Crippen molar-refractivity contribution >= 4 is 22.6 Å². The molecular weight excluding hydrogens is 368 g/mol. The van der Waals surface area contributed by atoms with Gasteiger partial charge in [-0.05, 0) is 54.8 Å². The fourth-order valence-corrected chi connectivity index (χ4v) is 3.51. The van der Waals surface area contributed by atoms with Crippen LogP contribution in [0.5, 0.6) is 5.75 Å². The molecule has 0 aliphatic heterocycles. The van der Waals surface area contributed by atoms with E-state index >= 15 is 0 Å². The van der Waals surface area contributed by atoms with Gasteiger partial charge in [0.25, 0.3) is 0 Å². The number of hydrogen-bond donors (Lipinski definition) is 0. The Labute approximate surface area is 170 Å². The smallest absolute Gasteiger partial charge is 0.119 e. The summed E-state index contributed by atoms with van der Waals surface area (Å²) in [5, 5.41) is 0.727. The molecule has 0 saturated carbocycles. The minimum Gasteiger partial charge on any atom is -0.494 e. The first-order valence-electron chi connectivity index (χ1n) is 9.66. The maximum atomic E-state index is 5.91. The predicted octanol–water partition coefficient (Wildman–Crippen LogP) is 6.14. The molecule has 0 unspecified atom stereocenters. The van der Waals surface area contributed by atoms with E-state index in [1.54, 1.807) is 0 Å². The average molecular weight is 391 g/mol. The first-order valence-corrected chi connectivity index (χ1v) is 10.0. The number of imidazole rings is 1. The van der Waals surface area contributed by atoms with Gasteiger partial charge in [0.1, 0.15) is 11.6 Å². The van der Waals surface area contributed by atoms with E-state index in [1.807, 2.05) is 36.4 Å². The monoisotopic (exact) mass is 390 g/mol. The second kappa shape index (κ2) is 8.94. The summed E-state index contributed by atoms with van der Waals surface area (Å²) in [6.45, 7) is 1.63. The van der Waals surface area contributed by atoms with Crippen LogP contribution in [0.1, 0.15) is 24.2 Å². The fraction of sp³-hybridized carbons (Fsp3) is 0.208. The topological polar surface area (TPSA) is 27.1 Å². The third-order valence-corrected chi connectivity index (χ3v) is 5.05. The Morgan fingerprint density at radius 1 is 0.821 bits per heavy atom. The molecule has 0 fully saturated rings. The number of ether oxygens (including phenoxy) is 1. The first-order chi connectivity index (χ1) is 13.8. The molecule has 0 radical (unpaired) electrons. The quantitative estimate of drug-likeness (QED) is 0.338. The van der Waals surface area contributed by atoms with Crippen LogP contribution in [0.2, 0.25) is 5.02 Å². The Morgan fingerprint density at radius 2 is 1.57 bits per heavy atom. The van der Waals surface area contributed by atoms with Gasteiger partial charge >= 0.3 is 0 Å². The van der Waals surface area contributed by atoms with E-state index in [2.05, 4.69) is 47.0 Å². The van der Waals surface area contributed by atoms with Gasteiger partial charge in [0.15, 0.2) is 0 Å². The van der Waals surface area contributed by atoms with Crippen LogP contribution in [-0.2, 0) is 13.0 Å². The molecule has 0 atom stereocenters. The normalized spacial score (nSPS) is 11.0. The number of halogens is 1. The van der Waals surface area contributed by atoms with Gasteiger partial charge in [0.05, 0.1) is 17.6 Å². The van der Waals surface area contributed by atoms with Crippen molar-refractivity contribution in [1.29, 1.82) is 0 Å². The van der Waals surface area contributed by atoms with Gasteiger partial charge in [-0.3, -0.25) is 0 Å². The van der Waals surface area contributed by atoms with E-state index in [0.717, 1.165) is 47.9 Å². The van der Waals surface area contributed by atoms with Crippen molar-refractivity contribution in [3.63, 3.8) is 0 Å². The van der Waals surface area contributed by atoms with Crippen molar-refractivity contribution in [2.24, 2.45) is 0 Å². The second-order valence-electron chi connectivity index (χ2n) is 6.84. The zero-order valence-corrected chi connectivity index (χ0v) is 16.5. The Balaban J connectivity index is 1.40. The molecule has 3 nitrogen and oxygen atoms in total. The molecule has 0 spiro atoms. The van der Waals surface area contributed by atoms with Crippen LogP contribution in [0, 0.1) is 0 Å². The van der Waals surface area contributed by atoms with E-state index < -0.39 is 0 Å². The highest BCUT2D eigenvalue weighted by atomic mass is 35.5. The molecule has 0 aliphatic rings. The Kier molecular flexibility index (Phi) is 5.93. The summed E-state index contributed by atoms with van der Waals surface area (Å²) in [6.07, 6.45) is 2.87. The zero-order chi connectivity index (χ0) is 19.2. The molecule has 0 N–H and O–H groups in total. The van der Waals surface area contributed by atoms with E-state index in [9.17, 15) is 0 Å². The van der Waals surface area contributed by atoms with Crippen LogP contribution in [0.15, 0.2) is 78.9 Å². The first kappa shape index (κ1) is 18.6. The number of hydrogen-bond acceptors (Lipinski definition) is 2. The van der Waals surface area contributed by atoms with E-state index in [1.165, 1.54) is 11.1 Å². The van der Waals surface area contributed by atoms with E-state index in [0.29, 0.717) is 6.61 Å². The molecule has 1 aromatic heterocycles. The highest BCUT2D eigenvalue weighted by molar-refractivity contribution is 6.30. The molecule has 0 saturated heterocycles. The molecule has 142 valence electrons. The van der Waals surface area contributed by atoms with Crippen molar-refractivity contribution in [2.45, 2.75) is 25.8 Å². The van der Waals surface area contributed by atoms with Crippen LogP contribution < -0.4 is 4.74 Å². The lowest BCUT2D eigenvalue weighted by Gasteiger charge is -2.10. The van der Waals surface area contributed by atoms with Gasteiger partial charge in [-0.15, -0.1) is 0 Å². The molecule has 0 bridgehead atoms. The van der Waals surface area contributed by atoms with Gasteiger partial charge < -0.3 is 9.30 Å². The molecule has 1 heterocycles. The molecular formula is C24H23ClN2O. The lowest BCUT2D eigenvalue weighted by molar-refractivity contribution is 0.303. The molecule has 4 aromatic rings. The number of para-hydroxylation sites is 2. The minimum atomic E-state index is 0.697. The van der Waals surface area contributed by atoms with Gasteiger partial charge in [0, 0.05) is 18.0 Å². The minimum absolute atomic E-state index is 0.697. The molecule has 0 aliphatic carbocycles. The Morgan fingerprint density at radius 3 is 2.39 bits per heavy atom. The van der Waals surface area contributed by atoms with Crippen LogP contribution in [0.25, 0.3) is 11.0 Å². The number of rotatable bonds is 8. The number of aromatic nitrogens is 2. The van der Waals surface area contributed by atoms with E-state index in [4.69, 9.17) is 21.3 Å². The summed E-state index contributed by atoms with van der Waals surface area (Å²) in [5.41, 5.74) is 3.54. The summed E-state index contributed by atoms with van der Waals surface area (Å²) in [7, 11) is 0. The average Bonchev–Trinajstić information content (AvgIpc) is 3.07. The van der Waals surface area contributed by atoms with Gasteiger partial charge in [-0.2, -0.15) is 0 Å². The number of benzene rings is 3. The summed E-state index contributed by atoms with van der Waals surface area (Å²) in [5.74, 6) is 1.98. The van der Waals surface area contributed by atoms with Crippen LogP contribution in [0.4, 0.5) is 0 Å². The van der Waals surface area contributed by atoms with Crippen molar-refractivity contribution in [3.8, 4) is 5.75 Å². The highest BCUT2D eigenvalue weighted by Gasteiger charge is 2.10. The largest absolute Gasteiger partial charge is 0.494 e. The van der Waals surface area contributed by atoms with Gasteiger partial charge in [-0.25, -0.2) is 4.98 Å². The van der Waals surface area contributed by atoms with Crippen molar-refractivity contribution in [1.82, 2.24) is 9.55 Å². The number of aryl methyl sites for hydroxylation is 1. The summed E-state index contributed by atoms with van der Waals surface area (Å²) in [4.78, 5) is 4.88. The van der Waals surface area contributed by atoms with Gasteiger partial charge in [0.2, 0.25) is 0 Å². The number of unbranched alkanes of at least 4 members (excludes halogenated alkanes) is 1. The van der Waals surface area contributed by atoms with Crippen LogP contribution in [0.3, 0.4) is 0 Å². The molecule has 4 heteroatoms. The third-order valence-electron chi connectivity index (χ3n) is 4.80. The predicted molar refractivity (Wildman–Crippen MR) is 115 cm³/mol. The molecule has 3 aromatic carbocycles. The summed E-state index contributed by atoms with van der Waals surface area (Å²) >= 11 is 5.91. The standard InChI is InChI=1S/C24H23ClN2O/c25-20-12-14-21(15-13-20)28-17-7-6-16-27-23-11-5-4-10-22(23)26-24(27)18-19-8-2-1-3-9-19/h1-5,8-15H,6-7,16-18H2. The van der Waals surface area contributed by atoms with Crippen molar-refractivity contribution < 1.29 is 4.74 Å². The summed E-state index contributed by atoms with van der Waals surface area (Å²) < 4.78 is 8.16.